The predicted molar refractivity (Wildman–Crippen MR) is 80.1 cm³/mol. The van der Waals surface area contributed by atoms with Crippen molar-refractivity contribution in [3.05, 3.63) is 67.0 Å². The van der Waals surface area contributed by atoms with Crippen molar-refractivity contribution in [3.63, 3.8) is 0 Å². The first-order valence-electron chi connectivity index (χ1n) is 6.45. The lowest BCUT2D eigenvalue weighted by Crippen LogP contribution is -2.31. The minimum atomic E-state index is -0.568. The molecule has 0 atom stereocenters. The molecule has 0 aliphatic rings. The first kappa shape index (κ1) is 14.6. The number of carbonyl (C=O) groups excluding carboxylic acids is 1. The van der Waals surface area contributed by atoms with Gasteiger partial charge in [0.05, 0.1) is 17.9 Å². The van der Waals surface area contributed by atoms with Gasteiger partial charge in [0.25, 0.3) is 0 Å². The third kappa shape index (κ3) is 3.82. The summed E-state index contributed by atoms with van der Waals surface area (Å²) in [7, 11) is 0. The maximum Gasteiger partial charge on any atom is 0.415 e. The molecule has 1 amide bonds. The molecule has 0 bridgehead atoms. The Balaban J connectivity index is 2.28. The van der Waals surface area contributed by atoms with Crippen LogP contribution in [0.2, 0.25) is 0 Å². The average molecular weight is 284 g/mol. The van der Waals surface area contributed by atoms with Gasteiger partial charge in [-0.15, -0.1) is 0 Å². The molecule has 108 valence electrons. The summed E-state index contributed by atoms with van der Waals surface area (Å²) in [5.74, 6) is 0.00369. The van der Waals surface area contributed by atoms with E-state index in [1.165, 1.54) is 17.0 Å². The molecule has 1 aromatic heterocycles. The van der Waals surface area contributed by atoms with E-state index >= 15 is 0 Å². The van der Waals surface area contributed by atoms with Gasteiger partial charge >= 0.3 is 6.09 Å². The number of phenols is 1. The van der Waals surface area contributed by atoms with Gasteiger partial charge in [-0.1, -0.05) is 30.9 Å². The minimum Gasteiger partial charge on any atom is -0.506 e. The van der Waals surface area contributed by atoms with Crippen molar-refractivity contribution in [2.24, 2.45) is 0 Å². The standard InChI is InChI=1S/C16H16N2O3/c1-2-11-21-16(20)18(12-13-7-5-6-10-17-13)14-8-3-4-9-15(14)19/h2-10,19H,1,11-12H2. The highest BCUT2D eigenvalue weighted by Crippen LogP contribution is 2.28. The van der Waals surface area contributed by atoms with E-state index in [4.69, 9.17) is 4.74 Å². The van der Waals surface area contributed by atoms with Gasteiger partial charge in [-0.25, -0.2) is 4.79 Å². The van der Waals surface area contributed by atoms with Crippen LogP contribution in [0.1, 0.15) is 5.69 Å². The van der Waals surface area contributed by atoms with Crippen LogP contribution in [0.15, 0.2) is 61.3 Å². The summed E-state index contributed by atoms with van der Waals surface area (Å²) >= 11 is 0. The van der Waals surface area contributed by atoms with E-state index in [1.54, 1.807) is 36.5 Å². The van der Waals surface area contributed by atoms with Gasteiger partial charge in [-0.3, -0.25) is 9.88 Å². The topological polar surface area (TPSA) is 62.7 Å². The predicted octanol–water partition coefficient (Wildman–Crippen LogP) is 3.12. The average Bonchev–Trinajstić information content (AvgIpc) is 2.52. The molecule has 2 rings (SSSR count). The Morgan fingerprint density at radius 1 is 1.29 bits per heavy atom. The molecule has 0 aliphatic carbocycles. The van der Waals surface area contributed by atoms with Gasteiger partial charge in [0.2, 0.25) is 0 Å². The number of anilines is 1. The van der Waals surface area contributed by atoms with Crippen molar-refractivity contribution in [2.75, 3.05) is 11.5 Å². The lowest BCUT2D eigenvalue weighted by molar-refractivity contribution is 0.165. The summed E-state index contributed by atoms with van der Waals surface area (Å²) in [6.07, 6.45) is 2.57. The number of benzene rings is 1. The Morgan fingerprint density at radius 3 is 2.71 bits per heavy atom. The number of phenolic OH excluding ortho intramolecular Hbond substituents is 1. The van der Waals surface area contributed by atoms with Crippen molar-refractivity contribution in [1.29, 1.82) is 0 Å². The van der Waals surface area contributed by atoms with Crippen molar-refractivity contribution in [2.45, 2.75) is 6.54 Å². The van der Waals surface area contributed by atoms with E-state index in [2.05, 4.69) is 11.6 Å². The fourth-order valence-corrected chi connectivity index (χ4v) is 1.80. The summed E-state index contributed by atoms with van der Waals surface area (Å²) in [6.45, 7) is 3.81. The van der Waals surface area contributed by atoms with E-state index in [1.807, 2.05) is 6.07 Å². The molecule has 0 radical (unpaired) electrons. The van der Waals surface area contributed by atoms with Crippen LogP contribution >= 0.6 is 0 Å². The van der Waals surface area contributed by atoms with Crippen LogP contribution in [0.25, 0.3) is 0 Å². The van der Waals surface area contributed by atoms with Crippen molar-refractivity contribution in [3.8, 4) is 5.75 Å². The number of aromatic hydroxyl groups is 1. The Kier molecular flexibility index (Phi) is 4.93. The van der Waals surface area contributed by atoms with Crippen molar-refractivity contribution >= 4 is 11.8 Å². The molecule has 5 nitrogen and oxygen atoms in total. The number of amides is 1. The first-order valence-corrected chi connectivity index (χ1v) is 6.45. The molecule has 0 fully saturated rings. The molecule has 1 heterocycles. The third-order valence-electron chi connectivity index (χ3n) is 2.76. The van der Waals surface area contributed by atoms with Crippen LogP contribution in [0.4, 0.5) is 10.5 Å². The number of nitrogens with zero attached hydrogens (tertiary/aromatic N) is 2. The Bertz CT molecular complexity index is 614. The number of pyridine rings is 1. The van der Waals surface area contributed by atoms with Crippen LogP contribution in [-0.4, -0.2) is 22.8 Å². The minimum absolute atomic E-state index is 0.00369. The van der Waals surface area contributed by atoms with E-state index in [-0.39, 0.29) is 18.9 Å². The van der Waals surface area contributed by atoms with Gasteiger partial charge in [0.1, 0.15) is 12.4 Å². The third-order valence-corrected chi connectivity index (χ3v) is 2.76. The van der Waals surface area contributed by atoms with Crippen LogP contribution < -0.4 is 4.90 Å². The Hall–Kier alpha value is -2.82. The zero-order valence-electron chi connectivity index (χ0n) is 11.5. The smallest absolute Gasteiger partial charge is 0.415 e. The summed E-state index contributed by atoms with van der Waals surface area (Å²) in [5.41, 5.74) is 1.06. The highest BCUT2D eigenvalue weighted by atomic mass is 16.6. The number of hydrogen-bond donors (Lipinski definition) is 1. The van der Waals surface area contributed by atoms with E-state index in [9.17, 15) is 9.90 Å². The molecule has 0 aliphatic heterocycles. The molecule has 0 unspecified atom stereocenters. The molecule has 0 saturated heterocycles. The fourth-order valence-electron chi connectivity index (χ4n) is 1.80. The van der Waals surface area contributed by atoms with Crippen LogP contribution in [0.3, 0.4) is 0 Å². The summed E-state index contributed by atoms with van der Waals surface area (Å²) in [4.78, 5) is 17.7. The number of ether oxygens (including phenoxy) is 1. The van der Waals surface area contributed by atoms with E-state index in [0.717, 1.165) is 0 Å². The lowest BCUT2D eigenvalue weighted by Gasteiger charge is -2.22. The van der Waals surface area contributed by atoms with Gasteiger partial charge in [0, 0.05) is 6.20 Å². The van der Waals surface area contributed by atoms with Crippen LogP contribution in [0.5, 0.6) is 5.75 Å². The van der Waals surface area contributed by atoms with E-state index < -0.39 is 6.09 Å². The molecule has 0 spiro atoms. The maximum absolute atomic E-state index is 12.2. The van der Waals surface area contributed by atoms with Crippen molar-refractivity contribution < 1.29 is 14.6 Å². The molecular weight excluding hydrogens is 268 g/mol. The maximum atomic E-state index is 12.2. The van der Waals surface area contributed by atoms with Gasteiger partial charge in [-0.2, -0.15) is 0 Å². The zero-order valence-corrected chi connectivity index (χ0v) is 11.5. The Morgan fingerprint density at radius 2 is 2.05 bits per heavy atom. The Labute approximate surface area is 123 Å². The lowest BCUT2D eigenvalue weighted by atomic mass is 10.2. The van der Waals surface area contributed by atoms with Gasteiger partial charge < -0.3 is 9.84 Å². The number of carbonyl (C=O) groups is 1. The summed E-state index contributed by atoms with van der Waals surface area (Å²) in [5, 5.41) is 9.94. The van der Waals surface area contributed by atoms with Crippen LogP contribution in [0, 0.1) is 0 Å². The quantitative estimate of drug-likeness (QED) is 0.857. The second kappa shape index (κ2) is 7.09. The molecule has 5 heteroatoms. The molecule has 1 aromatic carbocycles. The number of rotatable bonds is 5. The highest BCUT2D eigenvalue weighted by Gasteiger charge is 2.20. The highest BCUT2D eigenvalue weighted by molar-refractivity contribution is 5.89. The number of hydrogen-bond acceptors (Lipinski definition) is 4. The SMILES string of the molecule is C=CCOC(=O)N(Cc1ccccn1)c1ccccc1O. The second-order valence-electron chi connectivity index (χ2n) is 4.26. The van der Waals surface area contributed by atoms with E-state index in [0.29, 0.717) is 11.4 Å². The molecule has 21 heavy (non-hydrogen) atoms. The van der Waals surface area contributed by atoms with Crippen molar-refractivity contribution in [1.82, 2.24) is 4.98 Å². The normalized spacial score (nSPS) is 9.90. The summed E-state index contributed by atoms with van der Waals surface area (Å²) < 4.78 is 5.06. The summed E-state index contributed by atoms with van der Waals surface area (Å²) in [6, 6.07) is 12.0. The number of para-hydroxylation sites is 2. The van der Waals surface area contributed by atoms with Crippen LogP contribution in [-0.2, 0) is 11.3 Å². The molecule has 0 saturated carbocycles. The molecular formula is C16H16N2O3. The first-order chi connectivity index (χ1) is 10.2. The zero-order chi connectivity index (χ0) is 15.1. The second-order valence-corrected chi connectivity index (χ2v) is 4.26. The van der Waals surface area contributed by atoms with Gasteiger partial charge in [0.15, 0.2) is 0 Å². The largest absolute Gasteiger partial charge is 0.506 e. The molecule has 2 aromatic rings. The number of aromatic nitrogens is 1. The van der Waals surface area contributed by atoms with Gasteiger partial charge in [-0.05, 0) is 24.3 Å². The monoisotopic (exact) mass is 284 g/mol. The molecule has 1 N–H and O–H groups in total. The fraction of sp³-hybridized carbons (Fsp3) is 0.125.